The number of hydrogen-bond acceptors (Lipinski definition) is 3. The molecule has 1 aromatic rings. The highest BCUT2D eigenvalue weighted by Crippen LogP contribution is 2.35. The molecule has 1 heterocycles. The molecule has 1 unspecified atom stereocenters. The van der Waals surface area contributed by atoms with Gasteiger partial charge in [0.05, 0.1) is 0 Å². The molecule has 0 radical (unpaired) electrons. The molecule has 1 atom stereocenters. The van der Waals surface area contributed by atoms with E-state index in [0.29, 0.717) is 18.7 Å². The average Bonchev–Trinajstić information content (AvgIpc) is 2.84. The van der Waals surface area contributed by atoms with Crippen molar-refractivity contribution in [3.8, 4) is 0 Å². The molecule has 1 amide bonds. The third-order valence-electron chi connectivity index (χ3n) is 2.76. The number of aromatic amines is 1. The number of aromatic nitrogens is 3. The van der Waals surface area contributed by atoms with Crippen LogP contribution in [0.3, 0.4) is 0 Å². The van der Waals surface area contributed by atoms with E-state index in [9.17, 15) is 4.79 Å². The predicted molar refractivity (Wildman–Crippen MR) is 55.2 cm³/mol. The maximum atomic E-state index is 11.9. The Balaban J connectivity index is 2.44. The molecule has 0 spiro atoms. The minimum absolute atomic E-state index is 0.397. The van der Waals surface area contributed by atoms with Crippen molar-refractivity contribution >= 4 is 5.91 Å². The second-order valence-corrected chi connectivity index (χ2v) is 3.61. The Labute approximate surface area is 91.2 Å². The summed E-state index contributed by atoms with van der Waals surface area (Å²) in [6.07, 6.45) is 7.10. The zero-order chi connectivity index (χ0) is 11.4. The number of carbonyl (C=O) groups is 1. The molecular formula is C9H10N6O. The van der Waals surface area contributed by atoms with Crippen molar-refractivity contribution in [2.45, 2.75) is 24.7 Å². The summed E-state index contributed by atoms with van der Waals surface area (Å²) in [4.78, 5) is 18.4. The Kier molecular flexibility index (Phi) is 2.70. The van der Waals surface area contributed by atoms with Gasteiger partial charge in [-0.05, 0) is 29.9 Å². The van der Waals surface area contributed by atoms with E-state index in [-0.39, 0.29) is 0 Å². The van der Waals surface area contributed by atoms with Crippen LogP contribution in [-0.4, -0.2) is 21.1 Å². The van der Waals surface area contributed by atoms with Gasteiger partial charge in [-0.2, -0.15) is 5.10 Å². The first-order valence-corrected chi connectivity index (χ1v) is 4.90. The van der Waals surface area contributed by atoms with Crippen molar-refractivity contribution in [3.63, 3.8) is 0 Å². The highest BCUT2D eigenvalue weighted by molar-refractivity contribution is 5.88. The summed E-state index contributed by atoms with van der Waals surface area (Å²) in [5.41, 5.74) is 7.46. The Morgan fingerprint density at radius 2 is 2.50 bits per heavy atom. The molecule has 1 aliphatic rings. The Morgan fingerprint density at radius 3 is 3.06 bits per heavy atom. The SMILES string of the molecule is [N-]=[N+]=NC(=O)C1(c2nc[nH]n2)CC=CCC1. The van der Waals surface area contributed by atoms with E-state index in [2.05, 4.69) is 25.2 Å². The summed E-state index contributed by atoms with van der Waals surface area (Å²) in [5, 5.41) is 9.71. The van der Waals surface area contributed by atoms with Gasteiger partial charge in [0.1, 0.15) is 11.7 Å². The molecule has 0 aromatic carbocycles. The lowest BCUT2D eigenvalue weighted by molar-refractivity contribution is -0.124. The molecule has 16 heavy (non-hydrogen) atoms. The van der Waals surface area contributed by atoms with Crippen LogP contribution in [0.5, 0.6) is 0 Å². The third-order valence-corrected chi connectivity index (χ3v) is 2.76. The molecule has 0 saturated carbocycles. The fourth-order valence-electron chi connectivity index (χ4n) is 1.90. The van der Waals surface area contributed by atoms with Gasteiger partial charge in [0.15, 0.2) is 5.82 Å². The minimum Gasteiger partial charge on any atom is -0.291 e. The number of hydrogen-bond donors (Lipinski definition) is 1. The lowest BCUT2D eigenvalue weighted by Crippen LogP contribution is -2.36. The Hall–Kier alpha value is -2.14. The first-order chi connectivity index (χ1) is 7.79. The fraction of sp³-hybridized carbons (Fsp3) is 0.444. The smallest absolute Gasteiger partial charge is 0.233 e. The number of amides is 1. The maximum absolute atomic E-state index is 11.9. The van der Waals surface area contributed by atoms with Crippen molar-refractivity contribution in [2.24, 2.45) is 5.11 Å². The van der Waals surface area contributed by atoms with Crippen molar-refractivity contribution in [1.29, 1.82) is 0 Å². The number of allylic oxidation sites excluding steroid dienone is 2. The van der Waals surface area contributed by atoms with Gasteiger partial charge in [-0.15, -0.1) is 0 Å². The first-order valence-electron chi connectivity index (χ1n) is 4.90. The van der Waals surface area contributed by atoms with Crippen LogP contribution in [0.25, 0.3) is 10.4 Å². The third kappa shape index (κ3) is 1.57. The summed E-state index contributed by atoms with van der Waals surface area (Å²) >= 11 is 0. The van der Waals surface area contributed by atoms with Crippen molar-refractivity contribution < 1.29 is 4.79 Å². The lowest BCUT2D eigenvalue weighted by atomic mass is 9.75. The van der Waals surface area contributed by atoms with Crippen LogP contribution in [0.15, 0.2) is 23.6 Å². The lowest BCUT2D eigenvalue weighted by Gasteiger charge is -2.28. The molecule has 2 rings (SSSR count). The van der Waals surface area contributed by atoms with Gasteiger partial charge in [0.2, 0.25) is 5.91 Å². The number of rotatable bonds is 2. The van der Waals surface area contributed by atoms with Gasteiger partial charge in [0, 0.05) is 4.91 Å². The van der Waals surface area contributed by atoms with Gasteiger partial charge in [-0.25, -0.2) is 4.98 Å². The molecule has 0 fully saturated rings. The normalized spacial score (nSPS) is 23.8. The standard InChI is InChI=1S/C9H10N6O/c10-15-14-8(16)9(4-2-1-3-5-9)7-11-6-12-13-7/h1-2,6H,3-5H2,(H,11,12,13). The molecule has 1 aliphatic carbocycles. The van der Waals surface area contributed by atoms with E-state index in [1.165, 1.54) is 6.33 Å². The van der Waals surface area contributed by atoms with E-state index < -0.39 is 11.3 Å². The van der Waals surface area contributed by atoms with Gasteiger partial charge in [-0.3, -0.25) is 9.89 Å². The Bertz CT molecular complexity index is 458. The highest BCUT2D eigenvalue weighted by Gasteiger charge is 2.42. The summed E-state index contributed by atoms with van der Waals surface area (Å²) in [7, 11) is 0. The van der Waals surface area contributed by atoms with Gasteiger partial charge >= 0.3 is 0 Å². The number of azide groups is 1. The van der Waals surface area contributed by atoms with Crippen molar-refractivity contribution in [2.75, 3.05) is 0 Å². The molecule has 1 aromatic heterocycles. The van der Waals surface area contributed by atoms with Crippen LogP contribution in [0, 0.1) is 0 Å². The van der Waals surface area contributed by atoms with Crippen LogP contribution in [0.4, 0.5) is 0 Å². The number of nitrogens with one attached hydrogen (secondary N) is 1. The van der Waals surface area contributed by atoms with E-state index >= 15 is 0 Å². The van der Waals surface area contributed by atoms with E-state index in [0.717, 1.165) is 6.42 Å². The summed E-state index contributed by atoms with van der Waals surface area (Å²) in [6, 6.07) is 0. The summed E-state index contributed by atoms with van der Waals surface area (Å²) < 4.78 is 0. The van der Waals surface area contributed by atoms with Gasteiger partial charge in [-0.1, -0.05) is 12.2 Å². The van der Waals surface area contributed by atoms with E-state index in [1.807, 2.05) is 12.2 Å². The highest BCUT2D eigenvalue weighted by atomic mass is 16.2. The quantitative estimate of drug-likeness (QED) is 0.352. The first kappa shape index (κ1) is 10.4. The molecule has 0 aliphatic heterocycles. The van der Waals surface area contributed by atoms with Crippen molar-refractivity contribution in [1.82, 2.24) is 15.2 Å². The fourth-order valence-corrected chi connectivity index (χ4v) is 1.90. The topological polar surface area (TPSA) is 107 Å². The average molecular weight is 218 g/mol. The summed E-state index contributed by atoms with van der Waals surface area (Å²) in [6.45, 7) is 0. The van der Waals surface area contributed by atoms with Crippen LogP contribution in [0.1, 0.15) is 25.1 Å². The van der Waals surface area contributed by atoms with Gasteiger partial charge < -0.3 is 0 Å². The molecular weight excluding hydrogens is 208 g/mol. The van der Waals surface area contributed by atoms with Crippen LogP contribution >= 0.6 is 0 Å². The predicted octanol–water partition coefficient (Wildman–Crippen LogP) is 1.62. The molecule has 0 saturated heterocycles. The van der Waals surface area contributed by atoms with E-state index in [4.69, 9.17) is 5.53 Å². The monoisotopic (exact) mass is 218 g/mol. The second-order valence-electron chi connectivity index (χ2n) is 3.61. The zero-order valence-corrected chi connectivity index (χ0v) is 8.50. The maximum Gasteiger partial charge on any atom is 0.233 e. The van der Waals surface area contributed by atoms with Crippen LogP contribution in [0.2, 0.25) is 0 Å². The summed E-state index contributed by atoms with van der Waals surface area (Å²) in [5.74, 6) is -0.117. The van der Waals surface area contributed by atoms with Gasteiger partial charge in [0.25, 0.3) is 0 Å². The number of H-pyrrole nitrogens is 1. The largest absolute Gasteiger partial charge is 0.291 e. The molecule has 82 valence electrons. The zero-order valence-electron chi connectivity index (χ0n) is 8.50. The Morgan fingerprint density at radius 1 is 1.62 bits per heavy atom. The number of carbonyl (C=O) groups excluding carboxylic acids is 1. The minimum atomic E-state index is -0.888. The number of nitrogens with zero attached hydrogens (tertiary/aromatic N) is 5. The van der Waals surface area contributed by atoms with Crippen molar-refractivity contribution in [3.05, 3.63) is 34.7 Å². The molecule has 0 bridgehead atoms. The molecule has 1 N–H and O–H groups in total. The van der Waals surface area contributed by atoms with E-state index in [1.54, 1.807) is 0 Å². The van der Waals surface area contributed by atoms with Crippen LogP contribution < -0.4 is 0 Å². The molecule has 7 nitrogen and oxygen atoms in total. The molecule has 7 heteroatoms. The van der Waals surface area contributed by atoms with Crippen LogP contribution in [-0.2, 0) is 10.2 Å². The second kappa shape index (κ2) is 4.16.